The molecule has 0 aliphatic heterocycles. The molecule has 5 heteroatoms. The van der Waals surface area contributed by atoms with Crippen molar-refractivity contribution in [3.05, 3.63) is 83.9 Å². The van der Waals surface area contributed by atoms with Crippen LogP contribution < -0.4 is 0 Å². The van der Waals surface area contributed by atoms with E-state index in [1.54, 1.807) is 23.0 Å². The van der Waals surface area contributed by atoms with Crippen LogP contribution in [0.25, 0.3) is 5.69 Å². The molecule has 2 aromatic carbocycles. The number of amides is 1. The second-order valence-corrected chi connectivity index (χ2v) is 6.95. The summed E-state index contributed by atoms with van der Waals surface area (Å²) >= 11 is 0. The lowest BCUT2D eigenvalue weighted by atomic mass is 10.1. The number of carbonyl (C=O) groups is 1. The van der Waals surface area contributed by atoms with Gasteiger partial charge in [-0.3, -0.25) is 4.79 Å². The van der Waals surface area contributed by atoms with Gasteiger partial charge in [-0.25, -0.2) is 9.07 Å². The molecule has 146 valence electrons. The molecule has 1 aromatic heterocycles. The van der Waals surface area contributed by atoms with Crippen LogP contribution in [0.15, 0.2) is 67.0 Å². The number of nitrogens with zero attached hydrogens (tertiary/aromatic N) is 3. The number of hydrogen-bond acceptors (Lipinski definition) is 2. The Morgan fingerprint density at radius 1 is 1.04 bits per heavy atom. The van der Waals surface area contributed by atoms with Crippen molar-refractivity contribution in [2.24, 2.45) is 0 Å². The third-order valence-corrected chi connectivity index (χ3v) is 4.68. The van der Waals surface area contributed by atoms with Crippen LogP contribution >= 0.6 is 0 Å². The highest BCUT2D eigenvalue weighted by Crippen LogP contribution is 2.13. The number of benzene rings is 2. The molecular formula is C23H26FN3O. The molecule has 1 heterocycles. The van der Waals surface area contributed by atoms with Gasteiger partial charge in [0.25, 0.3) is 0 Å². The lowest BCUT2D eigenvalue weighted by Crippen LogP contribution is -2.32. The van der Waals surface area contributed by atoms with Crippen molar-refractivity contribution in [2.45, 2.75) is 39.2 Å². The predicted molar refractivity (Wildman–Crippen MR) is 109 cm³/mol. The maximum Gasteiger partial charge on any atom is 0.227 e. The largest absolute Gasteiger partial charge is 0.338 e. The molecule has 0 fully saturated rings. The molecule has 0 aliphatic carbocycles. The van der Waals surface area contributed by atoms with E-state index in [4.69, 9.17) is 0 Å². The Morgan fingerprint density at radius 3 is 2.50 bits per heavy atom. The van der Waals surface area contributed by atoms with Crippen molar-refractivity contribution in [2.75, 3.05) is 6.54 Å². The minimum absolute atomic E-state index is 0.0630. The summed E-state index contributed by atoms with van der Waals surface area (Å²) in [6.45, 7) is 3.34. The van der Waals surface area contributed by atoms with Crippen molar-refractivity contribution in [1.29, 1.82) is 0 Å². The third-order valence-electron chi connectivity index (χ3n) is 4.68. The van der Waals surface area contributed by atoms with E-state index in [1.165, 1.54) is 12.1 Å². The second kappa shape index (κ2) is 9.83. The minimum Gasteiger partial charge on any atom is -0.338 e. The average molecular weight is 379 g/mol. The number of unbranched alkanes of at least 4 members (excludes halogenated alkanes) is 2. The first-order chi connectivity index (χ1) is 13.7. The van der Waals surface area contributed by atoms with Gasteiger partial charge in [0.2, 0.25) is 5.91 Å². The Kier molecular flexibility index (Phi) is 6.95. The van der Waals surface area contributed by atoms with Gasteiger partial charge in [0.15, 0.2) is 0 Å². The van der Waals surface area contributed by atoms with Crippen molar-refractivity contribution in [3.8, 4) is 5.69 Å². The van der Waals surface area contributed by atoms with E-state index >= 15 is 0 Å². The van der Waals surface area contributed by atoms with Gasteiger partial charge < -0.3 is 4.90 Å². The van der Waals surface area contributed by atoms with Crippen LogP contribution in [0.5, 0.6) is 0 Å². The Hall–Kier alpha value is -2.95. The van der Waals surface area contributed by atoms with Gasteiger partial charge in [0, 0.05) is 19.3 Å². The monoisotopic (exact) mass is 379 g/mol. The van der Waals surface area contributed by atoms with Crippen LogP contribution in [0, 0.1) is 5.82 Å². The molecular weight excluding hydrogens is 353 g/mol. The fourth-order valence-corrected chi connectivity index (χ4v) is 3.11. The zero-order chi connectivity index (χ0) is 19.8. The number of rotatable bonds is 9. The summed E-state index contributed by atoms with van der Waals surface area (Å²) in [5, 5.41) is 4.37. The van der Waals surface area contributed by atoms with Crippen LogP contribution in [0.1, 0.15) is 37.3 Å². The van der Waals surface area contributed by atoms with Crippen LogP contribution in [0.2, 0.25) is 0 Å². The minimum atomic E-state index is -0.263. The smallest absolute Gasteiger partial charge is 0.227 e. The van der Waals surface area contributed by atoms with Crippen LogP contribution in [-0.2, 0) is 17.8 Å². The molecule has 3 rings (SSSR count). The molecule has 0 spiro atoms. The molecule has 4 nitrogen and oxygen atoms in total. The topological polar surface area (TPSA) is 38.1 Å². The first kappa shape index (κ1) is 19.8. The molecule has 0 saturated heterocycles. The van der Waals surface area contributed by atoms with Crippen LogP contribution in [0.4, 0.5) is 4.39 Å². The van der Waals surface area contributed by atoms with E-state index in [9.17, 15) is 9.18 Å². The Balaban J connectivity index is 1.68. The molecule has 0 atom stereocenters. The molecule has 3 aromatic rings. The van der Waals surface area contributed by atoms with E-state index < -0.39 is 0 Å². The normalized spacial score (nSPS) is 10.8. The summed E-state index contributed by atoms with van der Waals surface area (Å²) in [6.07, 6.45) is 7.09. The lowest BCUT2D eigenvalue weighted by Gasteiger charge is -2.23. The zero-order valence-corrected chi connectivity index (χ0v) is 16.2. The van der Waals surface area contributed by atoms with E-state index in [0.717, 1.165) is 36.1 Å². The van der Waals surface area contributed by atoms with Crippen LogP contribution in [0.3, 0.4) is 0 Å². The van der Waals surface area contributed by atoms with Gasteiger partial charge >= 0.3 is 0 Å². The standard InChI is InChI=1S/C23H26FN3O/c1-2-3-7-14-26(17-19-10-12-21(24)13-11-19)23(28)15-20-16-25-27(18-20)22-8-5-4-6-9-22/h4-6,8-13,16,18H,2-3,7,14-15,17H2,1H3. The summed E-state index contributed by atoms with van der Waals surface area (Å²) in [6, 6.07) is 16.2. The van der Waals surface area contributed by atoms with E-state index in [-0.39, 0.29) is 11.7 Å². The fourth-order valence-electron chi connectivity index (χ4n) is 3.11. The van der Waals surface area contributed by atoms with Crippen molar-refractivity contribution >= 4 is 5.91 Å². The quantitative estimate of drug-likeness (QED) is 0.502. The van der Waals surface area contributed by atoms with Gasteiger partial charge in [-0.05, 0) is 41.8 Å². The summed E-state index contributed by atoms with van der Waals surface area (Å²) in [5.41, 5.74) is 2.78. The zero-order valence-electron chi connectivity index (χ0n) is 16.2. The van der Waals surface area contributed by atoms with Crippen LogP contribution in [-0.4, -0.2) is 27.1 Å². The Bertz CT molecular complexity index is 874. The predicted octanol–water partition coefficient (Wildman–Crippen LogP) is 4.77. The average Bonchev–Trinajstić information content (AvgIpc) is 3.18. The fraction of sp³-hybridized carbons (Fsp3) is 0.304. The van der Waals surface area contributed by atoms with Gasteiger partial charge in [-0.1, -0.05) is 50.1 Å². The molecule has 0 bridgehead atoms. The molecule has 1 amide bonds. The maximum absolute atomic E-state index is 13.2. The molecule has 28 heavy (non-hydrogen) atoms. The maximum atomic E-state index is 13.2. The molecule has 0 aliphatic rings. The van der Waals surface area contributed by atoms with Crippen molar-refractivity contribution in [3.63, 3.8) is 0 Å². The SMILES string of the molecule is CCCCCN(Cc1ccc(F)cc1)C(=O)Cc1cnn(-c2ccccc2)c1. The van der Waals surface area contributed by atoms with E-state index in [0.29, 0.717) is 19.5 Å². The highest BCUT2D eigenvalue weighted by molar-refractivity contribution is 5.78. The first-order valence-electron chi connectivity index (χ1n) is 9.77. The van der Waals surface area contributed by atoms with Gasteiger partial charge in [-0.2, -0.15) is 5.10 Å². The van der Waals surface area contributed by atoms with Gasteiger partial charge in [-0.15, -0.1) is 0 Å². The number of hydrogen-bond donors (Lipinski definition) is 0. The third kappa shape index (κ3) is 5.52. The highest BCUT2D eigenvalue weighted by Gasteiger charge is 2.16. The number of aromatic nitrogens is 2. The summed E-state index contributed by atoms with van der Waals surface area (Å²) in [7, 11) is 0. The first-order valence-corrected chi connectivity index (χ1v) is 9.77. The van der Waals surface area contributed by atoms with Gasteiger partial charge in [0.05, 0.1) is 18.3 Å². The van der Waals surface area contributed by atoms with E-state index in [2.05, 4.69) is 12.0 Å². The van der Waals surface area contributed by atoms with E-state index in [1.807, 2.05) is 41.4 Å². The molecule has 0 radical (unpaired) electrons. The second-order valence-electron chi connectivity index (χ2n) is 6.95. The van der Waals surface area contributed by atoms with Gasteiger partial charge in [0.1, 0.15) is 5.82 Å². The lowest BCUT2D eigenvalue weighted by molar-refractivity contribution is -0.131. The Labute approximate surface area is 165 Å². The number of para-hydroxylation sites is 1. The Morgan fingerprint density at radius 2 is 1.79 bits per heavy atom. The van der Waals surface area contributed by atoms with Crippen molar-refractivity contribution in [1.82, 2.24) is 14.7 Å². The summed E-state index contributed by atoms with van der Waals surface area (Å²) < 4.78 is 15.0. The molecule has 0 saturated carbocycles. The highest BCUT2D eigenvalue weighted by atomic mass is 19.1. The van der Waals surface area contributed by atoms with Crippen molar-refractivity contribution < 1.29 is 9.18 Å². The molecule has 0 N–H and O–H groups in total. The number of halogens is 1. The summed E-state index contributed by atoms with van der Waals surface area (Å²) in [5.74, 6) is -0.200. The summed E-state index contributed by atoms with van der Waals surface area (Å²) in [4.78, 5) is 14.8. The molecule has 0 unspecified atom stereocenters. The number of carbonyl (C=O) groups excluding carboxylic acids is 1.